The Bertz CT molecular complexity index is 1850. The van der Waals surface area contributed by atoms with E-state index < -0.39 is 0 Å². The normalized spacial score (nSPS) is 15.8. The average molecular weight is 655 g/mol. The first kappa shape index (κ1) is 31.7. The average Bonchev–Trinajstić information content (AvgIpc) is 3.55. The maximum Gasteiger partial charge on any atom is 0.109 e. The van der Waals surface area contributed by atoms with Gasteiger partial charge in [0.25, 0.3) is 0 Å². The smallest absolute Gasteiger partial charge is 0.109 e. The topological polar surface area (TPSA) is 108 Å². The fraction of sp³-hybridized carbons (Fsp3) is 0.343. The SMILES string of the molecule is CC(Nc1c(C#N)cnc2c(Cl)cc(N[C@@H](c3ccc(Cl)cc3)c3cn(C4CCN(C(C)(C)C)CC4)nn3)cc12)c1cccnc1. The lowest BCUT2D eigenvalue weighted by Crippen LogP contribution is -2.46. The van der Waals surface area contributed by atoms with E-state index in [-0.39, 0.29) is 23.7 Å². The lowest BCUT2D eigenvalue weighted by molar-refractivity contribution is 0.0866. The molecule has 0 amide bonds. The fourth-order valence-corrected chi connectivity index (χ4v) is 6.46. The summed E-state index contributed by atoms with van der Waals surface area (Å²) in [5.41, 5.74) is 5.33. The van der Waals surface area contributed by atoms with Crippen LogP contribution in [0.1, 0.15) is 81.0 Å². The number of fused-ring (bicyclic) bond motifs is 1. The molecule has 0 spiro atoms. The van der Waals surface area contributed by atoms with Gasteiger partial charge in [0, 0.05) is 53.3 Å². The van der Waals surface area contributed by atoms with Crippen molar-refractivity contribution in [3.8, 4) is 6.07 Å². The second-order valence-corrected chi connectivity index (χ2v) is 13.7. The molecule has 236 valence electrons. The highest BCUT2D eigenvalue weighted by Crippen LogP contribution is 2.37. The fourth-order valence-electron chi connectivity index (χ4n) is 6.07. The van der Waals surface area contributed by atoms with Crippen molar-refractivity contribution >= 4 is 45.5 Å². The van der Waals surface area contributed by atoms with Gasteiger partial charge in [0.1, 0.15) is 11.8 Å². The summed E-state index contributed by atoms with van der Waals surface area (Å²) in [6.07, 6.45) is 9.18. The number of hydrogen-bond donors (Lipinski definition) is 2. The number of anilines is 2. The van der Waals surface area contributed by atoms with E-state index >= 15 is 0 Å². The molecule has 0 radical (unpaired) electrons. The number of piperidine rings is 1. The van der Waals surface area contributed by atoms with Crippen molar-refractivity contribution < 1.29 is 0 Å². The summed E-state index contributed by atoms with van der Waals surface area (Å²) in [5, 5.41) is 28.3. The zero-order valence-electron chi connectivity index (χ0n) is 26.4. The van der Waals surface area contributed by atoms with Crippen molar-refractivity contribution in [3.63, 3.8) is 0 Å². The van der Waals surface area contributed by atoms with Crippen LogP contribution in [-0.2, 0) is 0 Å². The molecule has 1 aliphatic rings. The summed E-state index contributed by atoms with van der Waals surface area (Å²) < 4.78 is 2.01. The third-order valence-electron chi connectivity index (χ3n) is 8.72. The third kappa shape index (κ3) is 6.80. The number of rotatable bonds is 8. The Morgan fingerprint density at radius 3 is 2.43 bits per heavy atom. The monoisotopic (exact) mass is 653 g/mol. The molecule has 1 unspecified atom stereocenters. The summed E-state index contributed by atoms with van der Waals surface area (Å²) in [5.74, 6) is 0. The van der Waals surface area contributed by atoms with Gasteiger partial charge in [-0.2, -0.15) is 5.26 Å². The molecule has 11 heteroatoms. The molecule has 9 nitrogen and oxygen atoms in total. The van der Waals surface area contributed by atoms with Crippen LogP contribution in [0.4, 0.5) is 11.4 Å². The van der Waals surface area contributed by atoms with Crippen LogP contribution in [-0.4, -0.2) is 48.5 Å². The molecule has 46 heavy (non-hydrogen) atoms. The van der Waals surface area contributed by atoms with Crippen LogP contribution in [0.25, 0.3) is 10.9 Å². The Morgan fingerprint density at radius 1 is 1.00 bits per heavy atom. The molecule has 2 N–H and O–H groups in total. The van der Waals surface area contributed by atoms with E-state index in [1.807, 2.05) is 72.5 Å². The number of likely N-dealkylation sites (tertiary alicyclic amines) is 1. The van der Waals surface area contributed by atoms with Crippen molar-refractivity contribution in [2.24, 2.45) is 0 Å². The zero-order valence-corrected chi connectivity index (χ0v) is 27.9. The number of hydrogen-bond acceptors (Lipinski definition) is 8. The van der Waals surface area contributed by atoms with Crippen LogP contribution < -0.4 is 10.6 Å². The van der Waals surface area contributed by atoms with Crippen LogP contribution in [0.15, 0.2) is 73.3 Å². The third-order valence-corrected chi connectivity index (χ3v) is 9.26. The number of nitrogens with one attached hydrogen (secondary N) is 2. The maximum atomic E-state index is 10.0. The molecule has 1 saturated heterocycles. The molecule has 2 atom stereocenters. The Kier molecular flexibility index (Phi) is 9.14. The summed E-state index contributed by atoms with van der Waals surface area (Å²) >= 11 is 13.1. The quantitative estimate of drug-likeness (QED) is 0.172. The van der Waals surface area contributed by atoms with Crippen molar-refractivity contribution in [1.82, 2.24) is 29.9 Å². The van der Waals surface area contributed by atoms with E-state index in [0.29, 0.717) is 26.8 Å². The Morgan fingerprint density at radius 2 is 1.76 bits per heavy atom. The molecule has 0 saturated carbocycles. The lowest BCUT2D eigenvalue weighted by atomic mass is 9.98. The van der Waals surface area contributed by atoms with Gasteiger partial charge in [-0.15, -0.1) is 5.10 Å². The first-order valence-electron chi connectivity index (χ1n) is 15.5. The highest BCUT2D eigenvalue weighted by molar-refractivity contribution is 6.36. The number of nitrogens with zero attached hydrogens (tertiary/aromatic N) is 7. The second-order valence-electron chi connectivity index (χ2n) is 12.8. The van der Waals surface area contributed by atoms with Crippen LogP contribution >= 0.6 is 23.2 Å². The van der Waals surface area contributed by atoms with E-state index in [1.165, 1.54) is 0 Å². The molecule has 4 heterocycles. The minimum Gasteiger partial charge on any atom is -0.377 e. The summed E-state index contributed by atoms with van der Waals surface area (Å²) in [6.45, 7) is 10.9. The van der Waals surface area contributed by atoms with Gasteiger partial charge in [-0.3, -0.25) is 14.9 Å². The standard InChI is InChI=1S/C35H37Cl2N9/c1-22(24-6-5-13-39-19-24)41-32-25(18-38)20-40-34-29(32)16-27(17-30(34)37)42-33(23-7-9-26(36)10-8-23)31-21-46(44-43-31)28-11-14-45(15-12-28)35(2,3)4/h5-10,13,16-17,19-22,28,33,42H,11-12,14-15H2,1-4H3,(H,40,41)/t22?,33-/m0/s1. The first-order chi connectivity index (χ1) is 22.1. The highest BCUT2D eigenvalue weighted by atomic mass is 35.5. The van der Waals surface area contributed by atoms with Gasteiger partial charge >= 0.3 is 0 Å². The van der Waals surface area contributed by atoms with Gasteiger partial charge in [-0.1, -0.05) is 46.6 Å². The minimum atomic E-state index is -0.341. The Balaban J connectivity index is 1.34. The number of nitriles is 1. The van der Waals surface area contributed by atoms with Gasteiger partial charge in [-0.05, 0) is 82.0 Å². The molecular weight excluding hydrogens is 617 g/mol. The van der Waals surface area contributed by atoms with Crippen molar-refractivity contribution in [2.75, 3.05) is 23.7 Å². The largest absolute Gasteiger partial charge is 0.377 e. The van der Waals surface area contributed by atoms with Gasteiger partial charge in [0.15, 0.2) is 0 Å². The Labute approximate surface area is 279 Å². The molecule has 2 aromatic carbocycles. The predicted octanol–water partition coefficient (Wildman–Crippen LogP) is 8.21. The lowest BCUT2D eigenvalue weighted by Gasteiger charge is -2.40. The van der Waals surface area contributed by atoms with Gasteiger partial charge < -0.3 is 10.6 Å². The van der Waals surface area contributed by atoms with E-state index in [1.54, 1.807) is 12.4 Å². The zero-order chi connectivity index (χ0) is 32.4. The van der Waals surface area contributed by atoms with E-state index in [2.05, 4.69) is 62.7 Å². The number of pyridine rings is 2. The maximum absolute atomic E-state index is 10.0. The molecule has 0 aliphatic carbocycles. The van der Waals surface area contributed by atoms with Crippen LogP contribution in [0.2, 0.25) is 10.0 Å². The minimum absolute atomic E-state index is 0.117. The van der Waals surface area contributed by atoms with Crippen molar-refractivity contribution in [3.05, 3.63) is 106 Å². The number of halogens is 2. The van der Waals surface area contributed by atoms with Gasteiger partial charge in [0.05, 0.1) is 46.1 Å². The van der Waals surface area contributed by atoms with Gasteiger partial charge in [0.2, 0.25) is 0 Å². The molecule has 3 aromatic heterocycles. The first-order valence-corrected chi connectivity index (χ1v) is 16.2. The van der Waals surface area contributed by atoms with E-state index in [0.717, 1.165) is 53.8 Å². The van der Waals surface area contributed by atoms with Crippen LogP contribution in [0.5, 0.6) is 0 Å². The van der Waals surface area contributed by atoms with Crippen LogP contribution in [0.3, 0.4) is 0 Å². The molecule has 1 aliphatic heterocycles. The van der Waals surface area contributed by atoms with Crippen molar-refractivity contribution in [2.45, 2.75) is 64.2 Å². The van der Waals surface area contributed by atoms with Crippen LogP contribution in [0, 0.1) is 11.3 Å². The predicted molar refractivity (Wildman–Crippen MR) is 184 cm³/mol. The van der Waals surface area contributed by atoms with Gasteiger partial charge in [-0.25, -0.2) is 4.68 Å². The van der Waals surface area contributed by atoms with Crippen molar-refractivity contribution in [1.29, 1.82) is 5.26 Å². The number of benzene rings is 2. The molecule has 1 fully saturated rings. The number of aromatic nitrogens is 5. The summed E-state index contributed by atoms with van der Waals surface area (Å²) in [6, 6.07) is 17.5. The highest BCUT2D eigenvalue weighted by Gasteiger charge is 2.29. The Hall–Kier alpha value is -4.23. The molecule has 6 rings (SSSR count). The van der Waals surface area contributed by atoms with E-state index in [4.69, 9.17) is 23.2 Å². The molecule has 0 bridgehead atoms. The second kappa shape index (κ2) is 13.2. The summed E-state index contributed by atoms with van der Waals surface area (Å²) in [7, 11) is 0. The molecular formula is C35H37Cl2N9. The summed E-state index contributed by atoms with van der Waals surface area (Å²) in [4.78, 5) is 11.3. The van der Waals surface area contributed by atoms with E-state index in [9.17, 15) is 5.26 Å². The molecule has 5 aromatic rings.